The zero-order valence-electron chi connectivity index (χ0n) is 12.1. The number of alkyl halides is 3. The summed E-state index contributed by atoms with van der Waals surface area (Å²) in [4.78, 5) is 36.8. The Kier molecular flexibility index (Phi) is 5.00. The van der Waals surface area contributed by atoms with E-state index in [9.17, 15) is 27.6 Å². The second-order valence-electron chi connectivity index (χ2n) is 4.86. The number of Topliss-reactive ketones (excluding diaryl/α,β-unsaturated/α-hetero) is 1. The molecule has 0 radical (unpaired) electrons. The first-order chi connectivity index (χ1) is 9.94. The molecular weight excluding hydrogens is 305 g/mol. The summed E-state index contributed by atoms with van der Waals surface area (Å²) in [6, 6.07) is -2.10. The van der Waals surface area contributed by atoms with Crippen molar-refractivity contribution in [3.05, 3.63) is 22.5 Å². The minimum absolute atomic E-state index is 0.129. The lowest BCUT2D eigenvalue weighted by Crippen LogP contribution is -2.43. The molecule has 1 unspecified atom stereocenters. The van der Waals surface area contributed by atoms with Crippen LogP contribution in [0.2, 0.25) is 0 Å². The van der Waals surface area contributed by atoms with Crippen molar-refractivity contribution in [1.82, 2.24) is 10.3 Å². The highest BCUT2D eigenvalue weighted by Gasteiger charge is 2.36. The smallest absolute Gasteiger partial charge is 0.391 e. The van der Waals surface area contributed by atoms with Crippen LogP contribution in [0.5, 0.6) is 0 Å². The number of aliphatic carboxylic acids is 1. The third-order valence-corrected chi connectivity index (χ3v) is 3.06. The number of ketones is 1. The van der Waals surface area contributed by atoms with E-state index in [0.717, 1.165) is 0 Å². The second-order valence-corrected chi connectivity index (χ2v) is 4.86. The topological polar surface area (TPSA) is 99.3 Å². The van der Waals surface area contributed by atoms with Gasteiger partial charge in [-0.2, -0.15) is 13.2 Å². The lowest BCUT2D eigenvalue weighted by molar-refractivity contribution is -0.157. The van der Waals surface area contributed by atoms with E-state index in [1.807, 2.05) is 5.32 Å². The molecule has 1 amide bonds. The number of aromatic amines is 1. The van der Waals surface area contributed by atoms with Crippen LogP contribution in [-0.4, -0.2) is 40.0 Å². The van der Waals surface area contributed by atoms with E-state index in [1.54, 1.807) is 0 Å². The first-order valence-electron chi connectivity index (χ1n) is 6.24. The molecule has 6 nitrogen and oxygen atoms in total. The summed E-state index contributed by atoms with van der Waals surface area (Å²) in [7, 11) is 0. The molecule has 0 bridgehead atoms. The average Bonchev–Trinajstić information content (AvgIpc) is 2.61. The van der Waals surface area contributed by atoms with Gasteiger partial charge in [0.15, 0.2) is 5.78 Å². The van der Waals surface area contributed by atoms with E-state index in [2.05, 4.69) is 4.98 Å². The molecule has 9 heteroatoms. The van der Waals surface area contributed by atoms with Crippen LogP contribution in [0.3, 0.4) is 0 Å². The summed E-state index contributed by atoms with van der Waals surface area (Å²) in [6.45, 7) is 4.27. The van der Waals surface area contributed by atoms with Gasteiger partial charge in [-0.3, -0.25) is 9.59 Å². The van der Waals surface area contributed by atoms with Crippen molar-refractivity contribution in [3.63, 3.8) is 0 Å². The van der Waals surface area contributed by atoms with Gasteiger partial charge >= 0.3 is 12.1 Å². The van der Waals surface area contributed by atoms with E-state index < -0.39 is 30.5 Å². The molecule has 0 aromatic carbocycles. The van der Waals surface area contributed by atoms with Gasteiger partial charge in [-0.05, 0) is 26.3 Å². The Balaban J connectivity index is 3.04. The Labute approximate surface area is 123 Å². The highest BCUT2D eigenvalue weighted by Crippen LogP contribution is 2.23. The third kappa shape index (κ3) is 4.09. The van der Waals surface area contributed by atoms with Crippen molar-refractivity contribution >= 4 is 17.7 Å². The first-order valence-corrected chi connectivity index (χ1v) is 6.24. The number of amides is 1. The number of halogens is 3. The fourth-order valence-corrected chi connectivity index (χ4v) is 2.17. The molecule has 1 aromatic rings. The van der Waals surface area contributed by atoms with Crippen molar-refractivity contribution in [3.8, 4) is 0 Å². The molecule has 0 saturated carbocycles. The number of aromatic nitrogens is 1. The molecule has 122 valence electrons. The van der Waals surface area contributed by atoms with E-state index in [4.69, 9.17) is 5.11 Å². The lowest BCUT2D eigenvalue weighted by Gasteiger charge is -2.16. The van der Waals surface area contributed by atoms with Gasteiger partial charge in [0.25, 0.3) is 5.91 Å². The quantitative estimate of drug-likeness (QED) is 0.722. The van der Waals surface area contributed by atoms with Gasteiger partial charge in [0, 0.05) is 11.3 Å². The Morgan fingerprint density at radius 2 is 1.82 bits per heavy atom. The summed E-state index contributed by atoms with van der Waals surface area (Å²) in [5, 5.41) is 10.6. The van der Waals surface area contributed by atoms with Gasteiger partial charge in [0.05, 0.1) is 6.42 Å². The zero-order chi connectivity index (χ0) is 17.2. The van der Waals surface area contributed by atoms with Crippen LogP contribution in [0.25, 0.3) is 0 Å². The fraction of sp³-hybridized carbons (Fsp3) is 0.462. The number of carboxylic acids is 1. The molecule has 22 heavy (non-hydrogen) atoms. The van der Waals surface area contributed by atoms with E-state index in [0.29, 0.717) is 5.69 Å². The Bertz CT molecular complexity index is 620. The van der Waals surface area contributed by atoms with E-state index >= 15 is 0 Å². The molecule has 1 heterocycles. The number of carboxylic acid groups (broad SMARTS) is 1. The van der Waals surface area contributed by atoms with Crippen molar-refractivity contribution in [2.24, 2.45) is 0 Å². The molecule has 0 aliphatic rings. The van der Waals surface area contributed by atoms with Gasteiger partial charge in [0.1, 0.15) is 11.7 Å². The maximum absolute atomic E-state index is 12.3. The van der Waals surface area contributed by atoms with Crippen LogP contribution in [0, 0.1) is 13.8 Å². The third-order valence-electron chi connectivity index (χ3n) is 3.06. The maximum Gasteiger partial charge on any atom is 0.391 e. The molecular formula is C13H15F3N2O4. The minimum Gasteiger partial charge on any atom is -0.480 e. The van der Waals surface area contributed by atoms with Gasteiger partial charge in [0.2, 0.25) is 0 Å². The number of nitrogens with one attached hydrogen (secondary N) is 2. The number of carbonyl (C=O) groups is 3. The predicted molar refractivity (Wildman–Crippen MR) is 69.8 cm³/mol. The van der Waals surface area contributed by atoms with Gasteiger partial charge in [-0.1, -0.05) is 0 Å². The normalized spacial score (nSPS) is 12.8. The average molecular weight is 320 g/mol. The molecule has 0 spiro atoms. The Hall–Kier alpha value is -2.32. The largest absolute Gasteiger partial charge is 0.480 e. The first kappa shape index (κ1) is 17.7. The van der Waals surface area contributed by atoms with Gasteiger partial charge in [-0.15, -0.1) is 0 Å². The van der Waals surface area contributed by atoms with Gasteiger partial charge < -0.3 is 15.4 Å². The fourth-order valence-electron chi connectivity index (χ4n) is 2.17. The molecule has 1 atom stereocenters. The molecule has 0 aliphatic carbocycles. The molecule has 0 fully saturated rings. The van der Waals surface area contributed by atoms with Crippen LogP contribution >= 0.6 is 0 Å². The minimum atomic E-state index is -4.73. The predicted octanol–water partition coefficient (Wildman–Crippen LogP) is 1.97. The summed E-state index contributed by atoms with van der Waals surface area (Å²) in [5.41, 5.74) is 0.778. The van der Waals surface area contributed by atoms with E-state index in [1.165, 1.54) is 20.8 Å². The monoisotopic (exact) mass is 320 g/mol. The lowest BCUT2D eigenvalue weighted by atomic mass is 10.1. The number of carbonyl (C=O) groups excluding carboxylic acids is 2. The molecule has 1 rings (SSSR count). The zero-order valence-corrected chi connectivity index (χ0v) is 12.1. The summed E-state index contributed by atoms with van der Waals surface area (Å²) < 4.78 is 36.9. The van der Waals surface area contributed by atoms with Crippen molar-refractivity contribution in [2.75, 3.05) is 0 Å². The Morgan fingerprint density at radius 1 is 1.27 bits per heavy atom. The van der Waals surface area contributed by atoms with Crippen LogP contribution in [-0.2, 0) is 4.79 Å². The molecule has 1 aromatic heterocycles. The number of aryl methyl sites for hydroxylation is 1. The SMILES string of the molecule is CC(=O)c1c(C)[nH]c(C(=O)NC(CC(F)(F)F)C(=O)O)c1C. The van der Waals surface area contributed by atoms with E-state index in [-0.39, 0.29) is 22.6 Å². The molecule has 0 aliphatic heterocycles. The number of hydrogen-bond acceptors (Lipinski definition) is 3. The second kappa shape index (κ2) is 6.20. The molecule has 0 saturated heterocycles. The highest BCUT2D eigenvalue weighted by molar-refractivity contribution is 6.03. The summed E-state index contributed by atoms with van der Waals surface area (Å²) in [5.74, 6) is -3.11. The van der Waals surface area contributed by atoms with Crippen molar-refractivity contribution in [1.29, 1.82) is 0 Å². The van der Waals surface area contributed by atoms with Crippen LogP contribution < -0.4 is 5.32 Å². The van der Waals surface area contributed by atoms with Crippen molar-refractivity contribution in [2.45, 2.75) is 39.4 Å². The van der Waals surface area contributed by atoms with Crippen LogP contribution in [0.1, 0.15) is 45.4 Å². The highest BCUT2D eigenvalue weighted by atomic mass is 19.4. The number of rotatable bonds is 5. The molecule has 3 N–H and O–H groups in total. The number of hydrogen-bond donors (Lipinski definition) is 3. The number of H-pyrrole nitrogens is 1. The summed E-state index contributed by atoms with van der Waals surface area (Å²) in [6.07, 6.45) is -6.42. The maximum atomic E-state index is 12.3. The standard InChI is InChI=1S/C13H15F3N2O4/c1-5-9(7(3)19)6(2)17-10(5)11(20)18-8(12(21)22)4-13(14,15)16/h8,17H,4H2,1-3H3,(H,18,20)(H,21,22). The van der Waals surface area contributed by atoms with Gasteiger partial charge in [-0.25, -0.2) is 4.79 Å². The van der Waals surface area contributed by atoms with Crippen molar-refractivity contribution < 1.29 is 32.7 Å². The van der Waals surface area contributed by atoms with Crippen LogP contribution in [0.4, 0.5) is 13.2 Å². The van der Waals surface area contributed by atoms with Crippen LogP contribution in [0.15, 0.2) is 0 Å². The Morgan fingerprint density at radius 3 is 2.18 bits per heavy atom. The summed E-state index contributed by atoms with van der Waals surface area (Å²) >= 11 is 0.